The Balaban J connectivity index is 0.000000225. The van der Waals surface area contributed by atoms with Gasteiger partial charge in [0.05, 0.1) is 34.2 Å². The first-order valence-electron chi connectivity index (χ1n) is 18.9. The number of hydrogen-bond donors (Lipinski definition) is 0. The molecule has 0 N–H and O–H groups in total. The SMILES string of the molecule is CC(C)c1cccc(C(C)C)c1-n1c(-c2[c-]ccc3c2oc2ccccc23)nc2c3ccccc3ncc21.[2H]C([2H])([2H])c1ccc(-c2[c-]cc(F)cc2)nc1.[Ir]. The number of nitrogens with zero attached hydrogens (tertiary/aromatic N) is 4. The molecule has 7 heteroatoms. The third-order valence-electron chi connectivity index (χ3n) is 9.34. The van der Waals surface area contributed by atoms with E-state index in [-0.39, 0.29) is 31.5 Å². The third kappa shape index (κ3) is 6.67. The Kier molecular flexibility index (Phi) is 9.02. The summed E-state index contributed by atoms with van der Waals surface area (Å²) in [7, 11) is 0. The molecule has 0 fully saturated rings. The number of aryl methyl sites for hydroxylation is 1. The molecule has 265 valence electrons. The van der Waals surface area contributed by atoms with E-state index in [0.29, 0.717) is 23.1 Å². The van der Waals surface area contributed by atoms with Crippen LogP contribution in [0.25, 0.3) is 72.2 Å². The maximum atomic E-state index is 12.7. The van der Waals surface area contributed by atoms with Gasteiger partial charge in [-0.1, -0.05) is 105 Å². The molecular weight excluding hydrogens is 836 g/mol. The van der Waals surface area contributed by atoms with Crippen LogP contribution in [0.1, 0.15) is 60.3 Å². The molecule has 53 heavy (non-hydrogen) atoms. The molecule has 1 radical (unpaired) electrons. The number of benzene rings is 5. The minimum absolute atomic E-state index is 0. The van der Waals surface area contributed by atoms with Gasteiger partial charge in [0.15, 0.2) is 0 Å². The summed E-state index contributed by atoms with van der Waals surface area (Å²) in [5, 5.41) is 3.20. The maximum Gasteiger partial charge on any atom is 0.120 e. The zero-order valence-corrected chi connectivity index (χ0v) is 32.0. The minimum atomic E-state index is -2.15. The van der Waals surface area contributed by atoms with Gasteiger partial charge in [0.1, 0.15) is 5.58 Å². The van der Waals surface area contributed by atoms with Gasteiger partial charge in [-0.25, -0.2) is 0 Å². The van der Waals surface area contributed by atoms with Gasteiger partial charge in [-0.3, -0.25) is 14.4 Å². The zero-order valence-electron chi connectivity index (χ0n) is 32.6. The van der Waals surface area contributed by atoms with Crippen LogP contribution in [0.15, 0.2) is 126 Å². The number of pyridine rings is 2. The molecule has 0 aliphatic heterocycles. The van der Waals surface area contributed by atoms with E-state index in [1.807, 2.05) is 36.5 Å². The van der Waals surface area contributed by atoms with Crippen LogP contribution in [0, 0.1) is 24.8 Å². The molecule has 5 aromatic carbocycles. The second-order valence-corrected chi connectivity index (χ2v) is 13.4. The Morgan fingerprint density at radius 3 is 2.21 bits per heavy atom. The van der Waals surface area contributed by atoms with Crippen LogP contribution in [0.5, 0.6) is 0 Å². The summed E-state index contributed by atoms with van der Waals surface area (Å²) in [6.45, 7) is 6.85. The fourth-order valence-corrected chi connectivity index (χ4v) is 6.81. The van der Waals surface area contributed by atoms with Crippen molar-refractivity contribution in [1.82, 2.24) is 19.5 Å². The van der Waals surface area contributed by atoms with Crippen LogP contribution >= 0.6 is 0 Å². The molecule has 0 unspecified atom stereocenters. The van der Waals surface area contributed by atoms with Crippen molar-refractivity contribution < 1.29 is 33.0 Å². The van der Waals surface area contributed by atoms with Crippen molar-refractivity contribution in [3.05, 3.63) is 156 Å². The second kappa shape index (κ2) is 14.9. The first-order chi connectivity index (χ1) is 26.5. The molecule has 9 rings (SSSR count). The number of hydrogen-bond acceptors (Lipinski definition) is 4. The summed E-state index contributed by atoms with van der Waals surface area (Å²) in [5.74, 6) is 1.10. The van der Waals surface area contributed by atoms with Gasteiger partial charge in [0, 0.05) is 52.7 Å². The number of para-hydroxylation sites is 3. The van der Waals surface area contributed by atoms with Crippen LogP contribution in [0.3, 0.4) is 0 Å². The third-order valence-corrected chi connectivity index (χ3v) is 9.34. The molecule has 0 bridgehead atoms. The number of rotatable bonds is 5. The van der Waals surface area contributed by atoms with Gasteiger partial charge >= 0.3 is 0 Å². The summed E-state index contributed by atoms with van der Waals surface area (Å²) in [6.07, 6.45) is 3.27. The van der Waals surface area contributed by atoms with Crippen molar-refractivity contribution in [2.45, 2.75) is 46.4 Å². The molecule has 0 spiro atoms. The Hall–Kier alpha value is -5.49. The zero-order chi connectivity index (χ0) is 38.4. The summed E-state index contributed by atoms with van der Waals surface area (Å²) in [4.78, 5) is 14.2. The van der Waals surface area contributed by atoms with Crippen LogP contribution in [-0.4, -0.2) is 19.5 Å². The molecule has 4 aromatic heterocycles. The van der Waals surface area contributed by atoms with Gasteiger partial charge in [-0.2, -0.15) is 0 Å². The number of aromatic nitrogens is 4. The van der Waals surface area contributed by atoms with Crippen molar-refractivity contribution in [3.8, 4) is 28.3 Å². The normalized spacial score (nSPS) is 12.5. The van der Waals surface area contributed by atoms with Crippen molar-refractivity contribution in [2.75, 3.05) is 0 Å². The van der Waals surface area contributed by atoms with Gasteiger partial charge in [0.25, 0.3) is 0 Å². The van der Waals surface area contributed by atoms with E-state index in [2.05, 4.69) is 97.9 Å². The Morgan fingerprint density at radius 2 is 1.51 bits per heavy atom. The van der Waals surface area contributed by atoms with E-state index in [4.69, 9.17) is 18.5 Å². The van der Waals surface area contributed by atoms with E-state index in [9.17, 15) is 4.39 Å². The topological polar surface area (TPSA) is 56.7 Å². The largest absolute Gasteiger partial charge is 0.501 e. The average molecular weight is 876 g/mol. The van der Waals surface area contributed by atoms with Gasteiger partial charge in [-0.05, 0) is 53.2 Å². The number of fused-ring (bicyclic) bond motifs is 6. The quantitative estimate of drug-likeness (QED) is 0.162. The Bertz CT molecular complexity index is 2800. The predicted molar refractivity (Wildman–Crippen MR) is 209 cm³/mol. The van der Waals surface area contributed by atoms with E-state index in [0.717, 1.165) is 55.3 Å². The summed E-state index contributed by atoms with van der Waals surface area (Å²) >= 11 is 0. The predicted octanol–water partition coefficient (Wildman–Crippen LogP) is 12.2. The first kappa shape index (κ1) is 32.2. The molecule has 9 aromatic rings. The molecule has 0 amide bonds. The van der Waals surface area contributed by atoms with E-state index < -0.39 is 6.85 Å². The molecule has 5 nitrogen and oxygen atoms in total. The Labute approximate surface area is 326 Å². The molecule has 0 saturated carbocycles. The Morgan fingerprint density at radius 1 is 0.755 bits per heavy atom. The second-order valence-electron chi connectivity index (χ2n) is 13.4. The summed E-state index contributed by atoms with van der Waals surface area (Å²) in [6, 6.07) is 40.5. The van der Waals surface area contributed by atoms with Crippen LogP contribution in [0.4, 0.5) is 4.39 Å². The molecule has 0 aliphatic rings. The minimum Gasteiger partial charge on any atom is -0.501 e. The smallest absolute Gasteiger partial charge is 0.120 e. The molecule has 0 atom stereocenters. The van der Waals surface area contributed by atoms with Gasteiger partial charge in [0.2, 0.25) is 0 Å². The van der Waals surface area contributed by atoms with Crippen LogP contribution in [-0.2, 0) is 20.1 Å². The molecular formula is C46H37FIrN4O-2. The van der Waals surface area contributed by atoms with Crippen molar-refractivity contribution in [3.63, 3.8) is 0 Å². The van der Waals surface area contributed by atoms with Gasteiger partial charge in [-0.15, -0.1) is 48.0 Å². The van der Waals surface area contributed by atoms with Gasteiger partial charge < -0.3 is 14.0 Å². The van der Waals surface area contributed by atoms with E-state index in [1.165, 1.54) is 41.2 Å². The van der Waals surface area contributed by atoms with Crippen LogP contribution < -0.4 is 0 Å². The number of imidazole rings is 1. The number of furan rings is 1. The van der Waals surface area contributed by atoms with Crippen molar-refractivity contribution >= 4 is 43.9 Å². The summed E-state index contributed by atoms with van der Waals surface area (Å²) < 4.78 is 43.1. The molecule has 4 heterocycles. The van der Waals surface area contributed by atoms with E-state index in [1.54, 1.807) is 12.1 Å². The van der Waals surface area contributed by atoms with Crippen molar-refractivity contribution in [2.24, 2.45) is 0 Å². The van der Waals surface area contributed by atoms with Crippen molar-refractivity contribution in [1.29, 1.82) is 0 Å². The monoisotopic (exact) mass is 876 g/mol. The average Bonchev–Trinajstić information content (AvgIpc) is 3.77. The maximum absolute atomic E-state index is 12.7. The van der Waals surface area contributed by atoms with Crippen LogP contribution in [0.2, 0.25) is 0 Å². The first-order valence-corrected chi connectivity index (χ1v) is 17.4. The molecule has 0 saturated heterocycles. The fraction of sp³-hybridized carbons (Fsp3) is 0.152. The standard InChI is InChI=1S/C34H28N3O.C12H9FN.Ir/c1-20(2)22-13-9-14-23(21(3)4)32(22)37-29-19-35-28-17-7-5-12-26(28)31(29)36-34(37)27-16-10-15-25-24-11-6-8-18-30(24)38-33(25)27;1-9-2-7-12(14-8-9)10-3-5-11(13)6-4-10;/h5-15,17-21H,1-4H3;2-3,5-8H,1H3;/q2*-1;/i;1D3;. The summed E-state index contributed by atoms with van der Waals surface area (Å²) in [5.41, 5.74) is 10.5. The number of halogens is 1. The fourth-order valence-electron chi connectivity index (χ4n) is 6.81. The van der Waals surface area contributed by atoms with E-state index >= 15 is 0 Å². The molecule has 0 aliphatic carbocycles.